The molecule has 37 heavy (non-hydrogen) atoms. The average Bonchev–Trinajstić information content (AvgIpc) is 3.14. The Hall–Kier alpha value is -3.90. The topological polar surface area (TPSA) is 76.3 Å². The first-order valence-electron chi connectivity index (χ1n) is 11.2. The number of carbonyl (C=O) groups is 1. The van der Waals surface area contributed by atoms with Gasteiger partial charge in [-0.15, -0.1) is 0 Å². The van der Waals surface area contributed by atoms with E-state index in [1.54, 1.807) is 43.7 Å². The molecule has 1 N–H and O–H groups in total. The van der Waals surface area contributed by atoms with Crippen LogP contribution in [0, 0.1) is 25.2 Å². The number of hydrogen-bond donors (Lipinski definition) is 1. The van der Waals surface area contributed by atoms with Gasteiger partial charge in [-0.3, -0.25) is 4.79 Å². The Morgan fingerprint density at radius 1 is 1.11 bits per heavy atom. The molecule has 0 saturated heterocycles. The Bertz CT molecular complexity index is 1390. The van der Waals surface area contributed by atoms with Crippen LogP contribution >= 0.6 is 11.6 Å². The number of rotatable bonds is 8. The summed E-state index contributed by atoms with van der Waals surface area (Å²) in [7, 11) is 3.07. The van der Waals surface area contributed by atoms with Gasteiger partial charge in [0.05, 0.1) is 30.5 Å². The van der Waals surface area contributed by atoms with E-state index in [-0.39, 0.29) is 22.8 Å². The highest BCUT2D eigenvalue weighted by Crippen LogP contribution is 2.35. The molecule has 0 atom stereocenters. The van der Waals surface area contributed by atoms with Crippen molar-refractivity contribution in [2.45, 2.75) is 26.4 Å². The van der Waals surface area contributed by atoms with Gasteiger partial charge in [0.25, 0.3) is 5.91 Å². The van der Waals surface area contributed by atoms with Gasteiger partial charge in [-0.05, 0) is 73.9 Å². The molecule has 2 aromatic carbocycles. The third kappa shape index (κ3) is 6.27. The molecule has 0 radical (unpaired) electrons. The first-order chi connectivity index (χ1) is 17.5. The Labute approximate surface area is 217 Å². The van der Waals surface area contributed by atoms with Gasteiger partial charge in [-0.25, -0.2) is 0 Å². The number of ether oxygens (including phenoxy) is 2. The summed E-state index contributed by atoms with van der Waals surface area (Å²) >= 11 is 6.23. The Morgan fingerprint density at radius 2 is 1.81 bits per heavy atom. The number of methoxy groups -OCH3 is 2. The van der Waals surface area contributed by atoms with Crippen LogP contribution in [0.5, 0.6) is 11.5 Å². The molecule has 0 spiro atoms. The molecule has 0 aliphatic rings. The Morgan fingerprint density at radius 3 is 2.43 bits per heavy atom. The second-order valence-corrected chi connectivity index (χ2v) is 8.60. The van der Waals surface area contributed by atoms with Gasteiger partial charge in [0.2, 0.25) is 0 Å². The van der Waals surface area contributed by atoms with Crippen molar-refractivity contribution in [3.63, 3.8) is 0 Å². The van der Waals surface area contributed by atoms with Crippen molar-refractivity contribution >= 4 is 23.6 Å². The highest BCUT2D eigenvalue weighted by molar-refractivity contribution is 6.32. The lowest BCUT2D eigenvalue weighted by Crippen LogP contribution is -2.26. The summed E-state index contributed by atoms with van der Waals surface area (Å²) in [6.07, 6.45) is -2.63. The molecule has 10 heteroatoms. The quantitative estimate of drug-likeness (QED) is 0.283. The summed E-state index contributed by atoms with van der Waals surface area (Å²) in [5, 5.41) is 12.4. The number of nitrogens with zero attached hydrogens (tertiary/aromatic N) is 2. The minimum Gasteiger partial charge on any atom is -0.493 e. The van der Waals surface area contributed by atoms with E-state index in [1.165, 1.54) is 19.3 Å². The molecule has 6 nitrogen and oxygen atoms in total. The van der Waals surface area contributed by atoms with E-state index < -0.39 is 17.6 Å². The van der Waals surface area contributed by atoms with Crippen molar-refractivity contribution in [1.29, 1.82) is 5.26 Å². The molecular formula is C27H25ClF3N3O3. The van der Waals surface area contributed by atoms with Crippen molar-refractivity contribution in [2.24, 2.45) is 0 Å². The monoisotopic (exact) mass is 531 g/mol. The lowest BCUT2D eigenvalue weighted by molar-refractivity contribution is -0.137. The molecule has 0 saturated carbocycles. The fourth-order valence-corrected chi connectivity index (χ4v) is 4.12. The number of benzene rings is 2. The van der Waals surface area contributed by atoms with Crippen molar-refractivity contribution in [1.82, 2.24) is 9.88 Å². The average molecular weight is 532 g/mol. The number of carbonyl (C=O) groups excluding carboxylic acids is 1. The third-order valence-corrected chi connectivity index (χ3v) is 6.12. The zero-order valence-corrected chi connectivity index (χ0v) is 21.4. The summed E-state index contributed by atoms with van der Waals surface area (Å²) in [4.78, 5) is 12.7. The van der Waals surface area contributed by atoms with E-state index in [4.69, 9.17) is 21.1 Å². The summed E-state index contributed by atoms with van der Waals surface area (Å²) in [6.45, 7) is 3.65. The number of amides is 1. The van der Waals surface area contributed by atoms with Crippen LogP contribution in [0.3, 0.4) is 0 Å². The molecule has 0 bridgehead atoms. The van der Waals surface area contributed by atoms with Crippen LogP contribution in [-0.2, 0) is 17.4 Å². The highest BCUT2D eigenvalue weighted by Gasteiger charge is 2.31. The van der Waals surface area contributed by atoms with Crippen LogP contribution in [-0.4, -0.2) is 31.2 Å². The molecule has 3 rings (SSSR count). The molecule has 0 fully saturated rings. The summed E-state index contributed by atoms with van der Waals surface area (Å²) in [6, 6.07) is 12.1. The Kier molecular flexibility index (Phi) is 8.56. The number of aromatic nitrogens is 1. The van der Waals surface area contributed by atoms with Crippen LogP contribution in [0.25, 0.3) is 11.8 Å². The molecule has 0 aliphatic heterocycles. The van der Waals surface area contributed by atoms with Crippen LogP contribution in [0.15, 0.2) is 48.0 Å². The van der Waals surface area contributed by atoms with Gasteiger partial charge >= 0.3 is 6.18 Å². The highest BCUT2D eigenvalue weighted by atomic mass is 35.5. The van der Waals surface area contributed by atoms with Crippen molar-refractivity contribution < 1.29 is 27.4 Å². The van der Waals surface area contributed by atoms with Crippen molar-refractivity contribution in [2.75, 3.05) is 20.8 Å². The fraction of sp³-hybridized carbons (Fsp3) is 0.259. The maximum Gasteiger partial charge on any atom is 0.416 e. The molecule has 1 aromatic heterocycles. The fourth-order valence-electron chi connectivity index (χ4n) is 3.92. The lowest BCUT2D eigenvalue weighted by atomic mass is 10.1. The summed E-state index contributed by atoms with van der Waals surface area (Å²) in [5.74, 6) is 0.596. The van der Waals surface area contributed by atoms with Gasteiger partial charge in [0.1, 0.15) is 11.6 Å². The van der Waals surface area contributed by atoms with Gasteiger partial charge in [0.15, 0.2) is 11.5 Å². The SMILES string of the molecule is COc1ccc(CCNC(=O)/C(C#N)=C/c2cc(C)n(-c3cc(C(F)(F)F)ccc3Cl)c2C)cc1OC. The van der Waals surface area contributed by atoms with Crippen LogP contribution < -0.4 is 14.8 Å². The van der Waals surface area contributed by atoms with Crippen LogP contribution in [0.1, 0.15) is 28.1 Å². The zero-order valence-electron chi connectivity index (χ0n) is 20.7. The second kappa shape index (κ2) is 11.4. The second-order valence-electron chi connectivity index (χ2n) is 8.19. The Balaban J connectivity index is 1.81. The van der Waals surface area contributed by atoms with Gasteiger partial charge in [-0.1, -0.05) is 17.7 Å². The molecule has 0 unspecified atom stereocenters. The molecule has 1 amide bonds. The minimum absolute atomic E-state index is 0.136. The molecule has 0 aliphatic carbocycles. The smallest absolute Gasteiger partial charge is 0.416 e. The standard InChI is InChI=1S/C27H25ClF3N3O3/c1-16-11-19(17(2)34(16)23-14-21(27(29,30)31)6-7-22(23)28)13-20(15-32)26(35)33-10-9-18-5-8-24(36-3)25(12-18)37-4/h5-8,11-14H,9-10H2,1-4H3,(H,33,35)/b20-13+. The number of hydrogen-bond acceptors (Lipinski definition) is 4. The van der Waals surface area contributed by atoms with E-state index in [1.807, 2.05) is 12.1 Å². The van der Waals surface area contributed by atoms with Crippen LogP contribution in [0.2, 0.25) is 5.02 Å². The number of aryl methyl sites for hydroxylation is 1. The summed E-state index contributed by atoms with van der Waals surface area (Å²) in [5.41, 5.74) is 1.73. The third-order valence-electron chi connectivity index (χ3n) is 5.80. The number of halogens is 4. The maximum atomic E-state index is 13.3. The number of nitriles is 1. The predicted molar refractivity (Wildman–Crippen MR) is 135 cm³/mol. The zero-order chi connectivity index (χ0) is 27.3. The van der Waals surface area contributed by atoms with E-state index in [0.29, 0.717) is 34.9 Å². The minimum atomic E-state index is -4.53. The largest absolute Gasteiger partial charge is 0.493 e. The van der Waals surface area contributed by atoms with E-state index in [2.05, 4.69) is 5.32 Å². The predicted octanol–water partition coefficient (Wildman–Crippen LogP) is 6.05. The van der Waals surface area contributed by atoms with Crippen molar-refractivity contribution in [3.8, 4) is 23.3 Å². The molecule has 194 valence electrons. The lowest BCUT2D eigenvalue weighted by Gasteiger charge is -2.15. The van der Waals surface area contributed by atoms with Gasteiger partial charge < -0.3 is 19.4 Å². The van der Waals surface area contributed by atoms with E-state index >= 15 is 0 Å². The number of alkyl halides is 3. The first kappa shape index (κ1) is 27.7. The van der Waals surface area contributed by atoms with E-state index in [0.717, 1.165) is 17.7 Å². The number of nitrogens with one attached hydrogen (secondary N) is 1. The van der Waals surface area contributed by atoms with Gasteiger partial charge in [-0.2, -0.15) is 18.4 Å². The van der Waals surface area contributed by atoms with Gasteiger partial charge in [0, 0.05) is 17.9 Å². The van der Waals surface area contributed by atoms with Crippen LogP contribution in [0.4, 0.5) is 13.2 Å². The molecule has 1 heterocycles. The summed E-state index contributed by atoms with van der Waals surface area (Å²) < 4.78 is 51.8. The maximum absolute atomic E-state index is 13.3. The molecule has 3 aromatic rings. The first-order valence-corrected chi connectivity index (χ1v) is 11.5. The molecular weight excluding hydrogens is 507 g/mol. The van der Waals surface area contributed by atoms with Crippen molar-refractivity contribution in [3.05, 3.63) is 81.1 Å². The van der Waals surface area contributed by atoms with E-state index in [9.17, 15) is 23.2 Å². The normalized spacial score (nSPS) is 11.7.